The Morgan fingerprint density at radius 2 is 2.20 bits per heavy atom. The minimum Gasteiger partial charge on any atom is -0.411 e. The van der Waals surface area contributed by atoms with Crippen molar-refractivity contribution in [2.24, 2.45) is 0 Å². The second-order valence-corrected chi connectivity index (χ2v) is 2.97. The molecule has 0 aliphatic rings. The molecule has 0 N–H and O–H groups in total. The third kappa shape index (κ3) is 2.63. The molecule has 0 saturated heterocycles. The summed E-state index contributed by atoms with van der Waals surface area (Å²) in [6, 6.07) is 1.71. The van der Waals surface area contributed by atoms with E-state index in [2.05, 4.69) is 4.74 Å². The normalized spacial score (nSPS) is 9.80. The number of halogens is 2. The van der Waals surface area contributed by atoms with Gasteiger partial charge in [-0.2, -0.15) is 0 Å². The predicted molar refractivity (Wildman–Crippen MR) is 49.7 cm³/mol. The number of carbonyl (C=O) groups is 1. The van der Waals surface area contributed by atoms with Crippen molar-refractivity contribution in [1.29, 1.82) is 0 Å². The first-order valence-electron chi connectivity index (χ1n) is 3.73. The smallest absolute Gasteiger partial charge is 0.409 e. The fourth-order valence-corrected chi connectivity index (χ4v) is 1.09. The summed E-state index contributed by atoms with van der Waals surface area (Å²) in [6.07, 6.45) is 0. The predicted octanol–water partition coefficient (Wildman–Crippen LogP) is 2.78. The highest BCUT2D eigenvalue weighted by molar-refractivity contribution is 6.61. The molecule has 5 nitrogen and oxygen atoms in total. The molecule has 0 aliphatic heterocycles. The molecule has 0 saturated carbocycles. The molecule has 0 unspecified atom stereocenters. The Kier molecular flexibility index (Phi) is 3.21. The number of carbonyl (C=O) groups excluding carboxylic acids is 1. The van der Waals surface area contributed by atoms with E-state index in [9.17, 15) is 19.3 Å². The number of benzene rings is 1. The van der Waals surface area contributed by atoms with Crippen LogP contribution in [0.1, 0.15) is 5.56 Å². The number of hydrogen-bond donors (Lipinski definition) is 0. The van der Waals surface area contributed by atoms with Gasteiger partial charge in [-0.3, -0.25) is 10.1 Å². The summed E-state index contributed by atoms with van der Waals surface area (Å²) in [5, 5.41) is 10.4. The van der Waals surface area contributed by atoms with Crippen molar-refractivity contribution in [3.8, 4) is 5.75 Å². The lowest BCUT2D eigenvalue weighted by atomic mass is 10.2. The fraction of sp³-hybridized carbons (Fsp3) is 0.125. The van der Waals surface area contributed by atoms with E-state index in [1.807, 2.05) is 0 Å². The molecule has 0 radical (unpaired) electrons. The number of aryl methyl sites for hydroxylation is 1. The van der Waals surface area contributed by atoms with E-state index in [0.29, 0.717) is 6.07 Å². The van der Waals surface area contributed by atoms with E-state index in [-0.39, 0.29) is 11.3 Å². The molecule has 0 aliphatic carbocycles. The van der Waals surface area contributed by atoms with Crippen molar-refractivity contribution >= 4 is 22.7 Å². The Labute approximate surface area is 88.6 Å². The van der Waals surface area contributed by atoms with Crippen LogP contribution >= 0.6 is 11.6 Å². The summed E-state index contributed by atoms with van der Waals surface area (Å²) in [6.45, 7) is 1.39. The number of hydrogen-bond acceptors (Lipinski definition) is 4. The number of ether oxygens (including phenoxy) is 1. The zero-order valence-corrected chi connectivity index (χ0v) is 8.25. The Morgan fingerprint density at radius 3 is 2.67 bits per heavy atom. The van der Waals surface area contributed by atoms with Crippen LogP contribution in [0.2, 0.25) is 0 Å². The molecule has 0 fully saturated rings. The molecule has 0 atom stereocenters. The van der Waals surface area contributed by atoms with Gasteiger partial charge in [0.1, 0.15) is 0 Å². The van der Waals surface area contributed by atoms with Crippen LogP contribution in [0.15, 0.2) is 12.1 Å². The van der Waals surface area contributed by atoms with Crippen LogP contribution < -0.4 is 4.74 Å². The number of nitro benzene ring substituents is 1. The molecule has 15 heavy (non-hydrogen) atoms. The molecule has 0 aromatic heterocycles. The molecule has 1 aromatic carbocycles. The van der Waals surface area contributed by atoms with Crippen molar-refractivity contribution in [2.75, 3.05) is 0 Å². The van der Waals surface area contributed by atoms with E-state index in [1.54, 1.807) is 0 Å². The lowest BCUT2D eigenvalue weighted by Crippen LogP contribution is -2.01. The molecular formula is C8H5ClFNO4. The van der Waals surface area contributed by atoms with Crippen molar-refractivity contribution in [3.05, 3.63) is 33.6 Å². The molecule has 7 heteroatoms. The van der Waals surface area contributed by atoms with Gasteiger partial charge in [-0.25, -0.2) is 9.18 Å². The first-order chi connectivity index (χ1) is 6.91. The van der Waals surface area contributed by atoms with Crippen LogP contribution in [-0.2, 0) is 0 Å². The van der Waals surface area contributed by atoms with Gasteiger partial charge < -0.3 is 4.74 Å². The molecular weight excluding hydrogens is 229 g/mol. The average Bonchev–Trinajstić information content (AvgIpc) is 2.09. The maximum absolute atomic E-state index is 13.1. The van der Waals surface area contributed by atoms with Gasteiger partial charge in [0.2, 0.25) is 0 Å². The summed E-state index contributed by atoms with van der Waals surface area (Å²) in [5.74, 6) is -1.45. The lowest BCUT2D eigenvalue weighted by molar-refractivity contribution is -0.385. The summed E-state index contributed by atoms with van der Waals surface area (Å²) in [7, 11) is 0. The van der Waals surface area contributed by atoms with Crippen molar-refractivity contribution in [3.63, 3.8) is 0 Å². The van der Waals surface area contributed by atoms with Gasteiger partial charge in [-0.05, 0) is 13.0 Å². The molecule has 1 aromatic rings. The molecule has 1 rings (SSSR count). The van der Waals surface area contributed by atoms with Gasteiger partial charge in [0.05, 0.1) is 11.0 Å². The van der Waals surface area contributed by atoms with Gasteiger partial charge >= 0.3 is 5.43 Å². The fourth-order valence-electron chi connectivity index (χ4n) is 1.01. The number of nitrogens with zero attached hydrogens (tertiary/aromatic N) is 1. The molecule has 0 heterocycles. The van der Waals surface area contributed by atoms with Gasteiger partial charge in [0.25, 0.3) is 5.69 Å². The first kappa shape index (κ1) is 11.4. The van der Waals surface area contributed by atoms with Crippen LogP contribution in [0.3, 0.4) is 0 Å². The lowest BCUT2D eigenvalue weighted by Gasteiger charge is -2.03. The summed E-state index contributed by atoms with van der Waals surface area (Å²) < 4.78 is 17.4. The van der Waals surface area contributed by atoms with E-state index in [0.717, 1.165) is 6.07 Å². The largest absolute Gasteiger partial charge is 0.411 e. The third-order valence-electron chi connectivity index (χ3n) is 1.64. The van der Waals surface area contributed by atoms with Crippen molar-refractivity contribution in [2.45, 2.75) is 6.92 Å². The minimum atomic E-state index is -1.21. The minimum absolute atomic E-state index is 0.175. The monoisotopic (exact) mass is 233 g/mol. The number of rotatable bonds is 2. The van der Waals surface area contributed by atoms with Crippen LogP contribution in [0, 0.1) is 22.9 Å². The molecule has 0 bridgehead atoms. The highest BCUT2D eigenvalue weighted by atomic mass is 35.5. The Balaban J connectivity index is 3.19. The Hall–Kier alpha value is -1.69. The molecule has 0 amide bonds. The van der Waals surface area contributed by atoms with Crippen LogP contribution in [0.4, 0.5) is 14.9 Å². The van der Waals surface area contributed by atoms with Crippen molar-refractivity contribution < 1.29 is 18.8 Å². The summed E-state index contributed by atoms with van der Waals surface area (Å²) in [5.41, 5.74) is -1.42. The highest BCUT2D eigenvalue weighted by Crippen LogP contribution is 2.27. The number of nitro groups is 1. The third-order valence-corrected chi connectivity index (χ3v) is 1.71. The zero-order chi connectivity index (χ0) is 11.6. The van der Waals surface area contributed by atoms with Gasteiger partial charge in [0.15, 0.2) is 11.6 Å². The maximum Gasteiger partial charge on any atom is 0.409 e. The zero-order valence-electron chi connectivity index (χ0n) is 7.49. The Bertz CT molecular complexity index is 435. The van der Waals surface area contributed by atoms with Crippen LogP contribution in [0.5, 0.6) is 5.75 Å². The quantitative estimate of drug-likeness (QED) is 0.447. The van der Waals surface area contributed by atoms with Crippen LogP contribution in [0.25, 0.3) is 0 Å². The van der Waals surface area contributed by atoms with Gasteiger partial charge in [-0.15, -0.1) is 0 Å². The van der Waals surface area contributed by atoms with Gasteiger partial charge in [0, 0.05) is 17.2 Å². The second kappa shape index (κ2) is 4.22. The molecule has 80 valence electrons. The van der Waals surface area contributed by atoms with Crippen molar-refractivity contribution in [1.82, 2.24) is 0 Å². The van der Waals surface area contributed by atoms with E-state index < -0.39 is 21.9 Å². The standard InChI is InChI=1S/C8H5ClFNO4/c1-4-2-7(15-8(9)12)5(10)3-6(4)11(13)14/h2-3H,1H3. The first-order valence-corrected chi connectivity index (χ1v) is 4.11. The van der Waals surface area contributed by atoms with Crippen LogP contribution in [-0.4, -0.2) is 10.4 Å². The van der Waals surface area contributed by atoms with E-state index in [4.69, 9.17) is 11.6 Å². The van der Waals surface area contributed by atoms with E-state index >= 15 is 0 Å². The topological polar surface area (TPSA) is 69.4 Å². The van der Waals surface area contributed by atoms with E-state index in [1.165, 1.54) is 6.92 Å². The summed E-state index contributed by atoms with van der Waals surface area (Å²) >= 11 is 4.88. The highest BCUT2D eigenvalue weighted by Gasteiger charge is 2.17. The summed E-state index contributed by atoms with van der Waals surface area (Å²) in [4.78, 5) is 20.0. The van der Waals surface area contributed by atoms with Gasteiger partial charge in [-0.1, -0.05) is 0 Å². The average molecular weight is 234 g/mol. The maximum atomic E-state index is 13.1. The molecule has 0 spiro atoms. The second-order valence-electron chi connectivity index (χ2n) is 2.67. The Morgan fingerprint density at radius 1 is 1.60 bits per heavy atom. The SMILES string of the molecule is Cc1cc(OC(=O)Cl)c(F)cc1[N+](=O)[O-].